The van der Waals surface area contributed by atoms with Crippen molar-refractivity contribution in [3.8, 4) is 5.75 Å². The number of thioether (sulfide) groups is 1. The molecule has 0 radical (unpaired) electrons. The van der Waals surface area contributed by atoms with Gasteiger partial charge < -0.3 is 14.4 Å². The van der Waals surface area contributed by atoms with Gasteiger partial charge in [0.15, 0.2) is 5.16 Å². The molecule has 1 aromatic heterocycles. The number of benzene rings is 2. The molecular weight excluding hydrogens is 344 g/mol. The molecule has 2 aromatic carbocycles. The van der Waals surface area contributed by atoms with Crippen molar-refractivity contribution >= 4 is 22.8 Å². The van der Waals surface area contributed by atoms with E-state index in [0.29, 0.717) is 19.1 Å². The van der Waals surface area contributed by atoms with Crippen LogP contribution in [0.2, 0.25) is 0 Å². The minimum Gasteiger partial charge on any atom is -0.492 e. The summed E-state index contributed by atoms with van der Waals surface area (Å²) in [4.78, 5) is 4.69. The van der Waals surface area contributed by atoms with Gasteiger partial charge in [0, 0.05) is 12.3 Å². The summed E-state index contributed by atoms with van der Waals surface area (Å²) in [6.07, 6.45) is 0. The standard InChI is InChI=1S/C21H26N2O2S/c1-15(2)17-14-16(3)8-9-20(17)25-12-13-26-21-22-18-6-4-5-7-19(18)23(21)10-11-24/h4-9,14-15,24H,10-13H2,1-3H3. The quantitative estimate of drug-likeness (QED) is 0.464. The molecule has 0 fully saturated rings. The van der Waals surface area contributed by atoms with Crippen molar-refractivity contribution in [1.82, 2.24) is 9.55 Å². The molecule has 0 aliphatic carbocycles. The first-order valence-electron chi connectivity index (χ1n) is 9.02. The number of nitrogens with zero attached hydrogens (tertiary/aromatic N) is 2. The lowest BCUT2D eigenvalue weighted by Crippen LogP contribution is -2.07. The van der Waals surface area contributed by atoms with Gasteiger partial charge in [0.2, 0.25) is 0 Å². The average Bonchev–Trinajstić information content (AvgIpc) is 2.98. The molecule has 0 aliphatic heterocycles. The fourth-order valence-corrected chi connectivity index (χ4v) is 3.87. The van der Waals surface area contributed by atoms with Crippen molar-refractivity contribution < 1.29 is 9.84 Å². The average molecular weight is 371 g/mol. The molecule has 4 nitrogen and oxygen atoms in total. The molecule has 3 aromatic rings. The van der Waals surface area contributed by atoms with Gasteiger partial charge in [0.25, 0.3) is 0 Å². The molecule has 1 heterocycles. The molecule has 5 heteroatoms. The predicted molar refractivity (Wildman–Crippen MR) is 108 cm³/mol. The normalized spacial score (nSPS) is 11.4. The number of hydrogen-bond acceptors (Lipinski definition) is 4. The summed E-state index contributed by atoms with van der Waals surface area (Å²) in [7, 11) is 0. The molecule has 3 rings (SSSR count). The van der Waals surface area contributed by atoms with Crippen LogP contribution in [0.4, 0.5) is 0 Å². The summed E-state index contributed by atoms with van der Waals surface area (Å²) in [6.45, 7) is 7.76. The molecule has 0 saturated carbocycles. The maximum Gasteiger partial charge on any atom is 0.169 e. The van der Waals surface area contributed by atoms with E-state index in [9.17, 15) is 5.11 Å². The fourth-order valence-electron chi connectivity index (χ4n) is 3.01. The molecule has 0 aliphatic rings. The molecule has 0 amide bonds. The lowest BCUT2D eigenvalue weighted by Gasteiger charge is -2.15. The van der Waals surface area contributed by atoms with Gasteiger partial charge in [-0.25, -0.2) is 4.98 Å². The molecule has 0 atom stereocenters. The highest BCUT2D eigenvalue weighted by molar-refractivity contribution is 7.99. The third-order valence-electron chi connectivity index (χ3n) is 4.30. The zero-order valence-electron chi connectivity index (χ0n) is 15.6. The van der Waals surface area contributed by atoms with Gasteiger partial charge in [-0.05, 0) is 36.6 Å². The van der Waals surface area contributed by atoms with Crippen LogP contribution in [0.3, 0.4) is 0 Å². The molecule has 26 heavy (non-hydrogen) atoms. The number of imidazole rings is 1. The lowest BCUT2D eigenvalue weighted by molar-refractivity contribution is 0.273. The smallest absolute Gasteiger partial charge is 0.169 e. The Hall–Kier alpha value is -1.98. The molecule has 1 N–H and O–H groups in total. The summed E-state index contributed by atoms with van der Waals surface area (Å²) in [6, 6.07) is 14.4. The van der Waals surface area contributed by atoms with Crippen LogP contribution in [0.15, 0.2) is 47.6 Å². The first-order chi connectivity index (χ1) is 12.6. The van der Waals surface area contributed by atoms with Gasteiger partial charge in [0.05, 0.1) is 24.2 Å². The van der Waals surface area contributed by atoms with Crippen molar-refractivity contribution in [2.24, 2.45) is 0 Å². The summed E-state index contributed by atoms with van der Waals surface area (Å²) in [5, 5.41) is 10.3. The highest BCUT2D eigenvalue weighted by Gasteiger charge is 2.11. The zero-order chi connectivity index (χ0) is 18.5. The Morgan fingerprint density at radius 3 is 2.77 bits per heavy atom. The van der Waals surface area contributed by atoms with Crippen molar-refractivity contribution in [3.05, 3.63) is 53.6 Å². The fraction of sp³-hybridized carbons (Fsp3) is 0.381. The second-order valence-corrected chi connectivity index (χ2v) is 7.71. The van der Waals surface area contributed by atoms with Gasteiger partial charge in [-0.1, -0.05) is 55.4 Å². The number of para-hydroxylation sites is 2. The summed E-state index contributed by atoms with van der Waals surface area (Å²) in [5.41, 5.74) is 4.53. The maximum atomic E-state index is 9.36. The Morgan fingerprint density at radius 1 is 1.19 bits per heavy atom. The van der Waals surface area contributed by atoms with E-state index in [2.05, 4.69) is 43.5 Å². The van der Waals surface area contributed by atoms with Crippen LogP contribution < -0.4 is 4.74 Å². The number of aliphatic hydroxyl groups is 1. The Labute approximate surface area is 159 Å². The number of ether oxygens (including phenoxy) is 1. The van der Waals surface area contributed by atoms with Crippen LogP contribution in [0.5, 0.6) is 5.75 Å². The van der Waals surface area contributed by atoms with Crippen LogP contribution in [0, 0.1) is 6.92 Å². The van der Waals surface area contributed by atoms with Crippen LogP contribution in [0.1, 0.15) is 30.9 Å². The lowest BCUT2D eigenvalue weighted by atomic mass is 10.00. The first kappa shape index (κ1) is 18.8. The minimum atomic E-state index is 0.103. The van der Waals surface area contributed by atoms with Crippen molar-refractivity contribution in [3.63, 3.8) is 0 Å². The summed E-state index contributed by atoms with van der Waals surface area (Å²) >= 11 is 1.67. The van der Waals surface area contributed by atoms with Crippen LogP contribution >= 0.6 is 11.8 Å². The number of aliphatic hydroxyl groups excluding tert-OH is 1. The number of hydrogen-bond donors (Lipinski definition) is 1. The number of aryl methyl sites for hydroxylation is 1. The second kappa shape index (κ2) is 8.60. The van der Waals surface area contributed by atoms with Gasteiger partial charge in [-0.2, -0.15) is 0 Å². The Kier molecular flexibility index (Phi) is 6.22. The zero-order valence-corrected chi connectivity index (χ0v) is 16.4. The molecule has 0 saturated heterocycles. The number of aromatic nitrogens is 2. The van der Waals surface area contributed by atoms with Gasteiger partial charge in [-0.3, -0.25) is 0 Å². The number of fused-ring (bicyclic) bond motifs is 1. The van der Waals surface area contributed by atoms with E-state index in [1.165, 1.54) is 11.1 Å². The predicted octanol–water partition coefficient (Wildman–Crippen LogP) is 4.63. The third kappa shape index (κ3) is 4.22. The SMILES string of the molecule is Cc1ccc(OCCSc2nc3ccccc3n2CCO)c(C(C)C)c1. The van der Waals surface area contributed by atoms with E-state index in [1.54, 1.807) is 11.8 Å². The second-order valence-electron chi connectivity index (χ2n) is 6.65. The highest BCUT2D eigenvalue weighted by Crippen LogP contribution is 2.28. The van der Waals surface area contributed by atoms with E-state index in [4.69, 9.17) is 9.72 Å². The Morgan fingerprint density at radius 2 is 2.00 bits per heavy atom. The van der Waals surface area contributed by atoms with Crippen molar-refractivity contribution in [1.29, 1.82) is 0 Å². The molecule has 0 spiro atoms. The van der Waals surface area contributed by atoms with Gasteiger partial charge >= 0.3 is 0 Å². The first-order valence-corrected chi connectivity index (χ1v) is 10.0. The Bertz CT molecular complexity index is 874. The third-order valence-corrected chi connectivity index (χ3v) is 5.24. The molecule has 0 unspecified atom stereocenters. The van der Waals surface area contributed by atoms with E-state index in [0.717, 1.165) is 27.7 Å². The summed E-state index contributed by atoms with van der Waals surface area (Å²) in [5.74, 6) is 2.21. The minimum absolute atomic E-state index is 0.103. The topological polar surface area (TPSA) is 47.3 Å². The molecule has 138 valence electrons. The van der Waals surface area contributed by atoms with E-state index in [1.807, 2.05) is 24.3 Å². The van der Waals surface area contributed by atoms with E-state index in [-0.39, 0.29) is 6.61 Å². The maximum absolute atomic E-state index is 9.36. The molecule has 0 bridgehead atoms. The van der Waals surface area contributed by atoms with Crippen LogP contribution in [-0.2, 0) is 6.54 Å². The van der Waals surface area contributed by atoms with E-state index < -0.39 is 0 Å². The highest BCUT2D eigenvalue weighted by atomic mass is 32.2. The van der Waals surface area contributed by atoms with E-state index >= 15 is 0 Å². The number of rotatable bonds is 8. The van der Waals surface area contributed by atoms with Crippen molar-refractivity contribution in [2.75, 3.05) is 19.0 Å². The van der Waals surface area contributed by atoms with Crippen LogP contribution in [-0.4, -0.2) is 33.6 Å². The monoisotopic (exact) mass is 370 g/mol. The van der Waals surface area contributed by atoms with Crippen molar-refractivity contribution in [2.45, 2.75) is 38.4 Å². The van der Waals surface area contributed by atoms with Crippen LogP contribution in [0.25, 0.3) is 11.0 Å². The van der Waals surface area contributed by atoms with Gasteiger partial charge in [0.1, 0.15) is 5.75 Å². The largest absolute Gasteiger partial charge is 0.492 e. The molecular formula is C21H26N2O2S. The Balaban J connectivity index is 1.66. The summed E-state index contributed by atoms with van der Waals surface area (Å²) < 4.78 is 8.12. The van der Waals surface area contributed by atoms with Gasteiger partial charge in [-0.15, -0.1) is 0 Å².